The summed E-state index contributed by atoms with van der Waals surface area (Å²) in [6.07, 6.45) is 7.42. The maximum Gasteiger partial charge on any atom is 0.251 e. The Morgan fingerprint density at radius 2 is 2.07 bits per heavy atom. The van der Waals surface area contributed by atoms with Gasteiger partial charge < -0.3 is 10.2 Å². The molecule has 1 unspecified atom stereocenters. The van der Waals surface area contributed by atoms with Crippen LogP contribution in [0.15, 0.2) is 49.2 Å². The van der Waals surface area contributed by atoms with Crippen molar-refractivity contribution in [2.75, 3.05) is 26.2 Å². The van der Waals surface area contributed by atoms with Crippen molar-refractivity contribution >= 4 is 5.91 Å². The second-order valence-electron chi connectivity index (χ2n) is 7.63. The van der Waals surface area contributed by atoms with Crippen LogP contribution in [0, 0.1) is 12.8 Å². The van der Waals surface area contributed by atoms with E-state index >= 15 is 0 Å². The van der Waals surface area contributed by atoms with Crippen molar-refractivity contribution in [3.8, 4) is 5.69 Å². The number of carbonyl (C=O) groups excluding carboxylic acids is 1. The predicted molar refractivity (Wildman–Crippen MR) is 110 cm³/mol. The number of nitrogens with one attached hydrogen (secondary N) is 1. The van der Waals surface area contributed by atoms with Gasteiger partial charge in [0, 0.05) is 42.8 Å². The molecule has 8 nitrogen and oxygen atoms in total. The molecule has 1 amide bonds. The summed E-state index contributed by atoms with van der Waals surface area (Å²) in [5.74, 6) is 0.441. The molecule has 1 aliphatic heterocycles. The Labute approximate surface area is 170 Å². The van der Waals surface area contributed by atoms with Crippen molar-refractivity contribution in [2.24, 2.45) is 5.92 Å². The molecule has 8 heteroatoms. The fourth-order valence-electron chi connectivity index (χ4n) is 3.87. The quantitative estimate of drug-likeness (QED) is 0.663. The van der Waals surface area contributed by atoms with Crippen molar-refractivity contribution in [2.45, 2.75) is 26.3 Å². The summed E-state index contributed by atoms with van der Waals surface area (Å²) in [6.45, 7) is 6.82. The number of likely N-dealkylation sites (tertiary alicyclic amines) is 1. The monoisotopic (exact) mass is 393 g/mol. The topological polar surface area (TPSA) is 80.9 Å². The zero-order valence-electron chi connectivity index (χ0n) is 16.7. The Morgan fingerprint density at radius 1 is 1.21 bits per heavy atom. The van der Waals surface area contributed by atoms with E-state index in [4.69, 9.17) is 0 Å². The lowest BCUT2D eigenvalue weighted by molar-refractivity contribution is 0.0931. The number of benzene rings is 1. The molecule has 0 saturated carbocycles. The van der Waals surface area contributed by atoms with Gasteiger partial charge in [-0.3, -0.25) is 14.0 Å². The van der Waals surface area contributed by atoms with Crippen LogP contribution in [-0.4, -0.2) is 61.5 Å². The molecule has 0 radical (unpaired) electrons. The Morgan fingerprint density at radius 3 is 2.86 bits per heavy atom. The normalized spacial score (nSPS) is 17.3. The van der Waals surface area contributed by atoms with Crippen molar-refractivity contribution in [1.29, 1.82) is 0 Å². The molecule has 1 saturated heterocycles. The first-order chi connectivity index (χ1) is 14.2. The fraction of sp³-hybridized carbons (Fsp3) is 0.429. The number of hydrogen-bond acceptors (Lipinski definition) is 5. The molecule has 3 aromatic rings. The average Bonchev–Trinajstić information content (AvgIpc) is 3.43. The van der Waals surface area contributed by atoms with E-state index in [1.54, 1.807) is 17.2 Å². The minimum Gasteiger partial charge on any atom is -0.352 e. The van der Waals surface area contributed by atoms with Crippen LogP contribution in [0.4, 0.5) is 0 Å². The average molecular weight is 393 g/mol. The summed E-state index contributed by atoms with van der Waals surface area (Å²) in [7, 11) is 0. The number of aryl methyl sites for hydroxylation is 1. The summed E-state index contributed by atoms with van der Waals surface area (Å²) in [4.78, 5) is 15.1. The first-order valence-corrected chi connectivity index (χ1v) is 10.1. The van der Waals surface area contributed by atoms with E-state index in [1.165, 1.54) is 12.1 Å². The molecule has 0 aliphatic carbocycles. The lowest BCUT2D eigenvalue weighted by Crippen LogP contribution is -2.42. The van der Waals surface area contributed by atoms with Gasteiger partial charge in [-0.15, -0.1) is 10.2 Å². The van der Waals surface area contributed by atoms with Crippen LogP contribution in [-0.2, 0) is 6.54 Å². The Hall–Kier alpha value is -3.00. The predicted octanol–water partition coefficient (Wildman–Crippen LogP) is 1.91. The van der Waals surface area contributed by atoms with Gasteiger partial charge in [0.05, 0.1) is 6.54 Å². The number of hydrogen-bond donors (Lipinski definition) is 1. The number of nitrogens with zero attached hydrogens (tertiary/aromatic N) is 6. The van der Waals surface area contributed by atoms with Gasteiger partial charge in [-0.2, -0.15) is 5.10 Å². The van der Waals surface area contributed by atoms with Crippen molar-refractivity contribution in [3.05, 3.63) is 60.4 Å². The van der Waals surface area contributed by atoms with Gasteiger partial charge >= 0.3 is 0 Å². The highest BCUT2D eigenvalue weighted by Gasteiger charge is 2.20. The molecule has 3 heterocycles. The molecule has 152 valence electrons. The lowest BCUT2D eigenvalue weighted by Gasteiger charge is -2.32. The van der Waals surface area contributed by atoms with Gasteiger partial charge in [0.1, 0.15) is 12.7 Å². The highest BCUT2D eigenvalue weighted by molar-refractivity contribution is 5.94. The van der Waals surface area contributed by atoms with Crippen LogP contribution in [0.25, 0.3) is 5.69 Å². The van der Waals surface area contributed by atoms with Crippen LogP contribution in [0.2, 0.25) is 0 Å². The molecule has 0 bridgehead atoms. The van der Waals surface area contributed by atoms with E-state index in [2.05, 4.69) is 32.4 Å². The summed E-state index contributed by atoms with van der Waals surface area (Å²) in [6, 6.07) is 9.54. The fourth-order valence-corrected chi connectivity index (χ4v) is 3.87. The van der Waals surface area contributed by atoms with E-state index in [9.17, 15) is 4.79 Å². The number of piperidine rings is 1. The number of aromatic nitrogens is 5. The maximum atomic E-state index is 12.6. The molecule has 2 aromatic heterocycles. The largest absolute Gasteiger partial charge is 0.352 e. The van der Waals surface area contributed by atoms with Crippen LogP contribution in [0.1, 0.15) is 28.9 Å². The standard InChI is InChI=1S/C21H27N7O/c1-17-7-8-25-28(17)11-10-26-9-3-4-18(14-26)13-22-21(29)19-5-2-6-20(12-19)27-15-23-24-16-27/h2,5-8,12,15-16,18H,3-4,9-11,13-14H2,1H3,(H,22,29). The van der Waals surface area contributed by atoms with Gasteiger partial charge in [-0.1, -0.05) is 6.07 Å². The van der Waals surface area contributed by atoms with Crippen molar-refractivity contribution in [3.63, 3.8) is 0 Å². The third-order valence-corrected chi connectivity index (χ3v) is 5.54. The number of carbonyl (C=O) groups is 1. The van der Waals surface area contributed by atoms with Crippen molar-refractivity contribution in [1.82, 2.24) is 34.8 Å². The Kier molecular flexibility index (Phi) is 6.00. The lowest BCUT2D eigenvalue weighted by atomic mass is 9.98. The second kappa shape index (κ2) is 9.00. The molecule has 29 heavy (non-hydrogen) atoms. The minimum atomic E-state index is -0.0378. The zero-order valence-corrected chi connectivity index (χ0v) is 16.7. The molecule has 1 aliphatic rings. The van der Waals surface area contributed by atoms with Gasteiger partial charge in [0.15, 0.2) is 0 Å². The molecule has 4 rings (SSSR count). The van der Waals surface area contributed by atoms with E-state index in [0.717, 1.165) is 38.3 Å². The van der Waals surface area contributed by atoms with E-state index in [1.807, 2.05) is 41.2 Å². The van der Waals surface area contributed by atoms with Gasteiger partial charge in [0.25, 0.3) is 5.91 Å². The van der Waals surface area contributed by atoms with Gasteiger partial charge in [-0.25, -0.2) is 0 Å². The first-order valence-electron chi connectivity index (χ1n) is 10.1. The van der Waals surface area contributed by atoms with Crippen molar-refractivity contribution < 1.29 is 4.79 Å². The SMILES string of the molecule is Cc1ccnn1CCN1CCCC(CNC(=O)c2cccc(-n3cnnc3)c2)C1. The zero-order chi connectivity index (χ0) is 20.1. The number of amides is 1. The highest BCUT2D eigenvalue weighted by Crippen LogP contribution is 2.16. The second-order valence-corrected chi connectivity index (χ2v) is 7.63. The van der Waals surface area contributed by atoms with Gasteiger partial charge in [-0.05, 0) is 56.5 Å². The third-order valence-electron chi connectivity index (χ3n) is 5.54. The molecule has 1 atom stereocenters. The van der Waals surface area contributed by atoms with Crippen LogP contribution >= 0.6 is 0 Å². The molecule has 1 fully saturated rings. The van der Waals surface area contributed by atoms with Crippen LogP contribution in [0.5, 0.6) is 0 Å². The summed E-state index contributed by atoms with van der Waals surface area (Å²) in [5, 5.41) is 15.1. The first kappa shape index (κ1) is 19.3. The molecular weight excluding hydrogens is 366 g/mol. The molecule has 1 N–H and O–H groups in total. The maximum absolute atomic E-state index is 12.6. The molecule has 1 aromatic carbocycles. The number of rotatable bonds is 7. The van der Waals surface area contributed by atoms with E-state index in [-0.39, 0.29) is 5.91 Å². The molecule has 0 spiro atoms. The Balaban J connectivity index is 1.28. The Bertz CT molecular complexity index is 934. The third kappa shape index (κ3) is 4.89. The van der Waals surface area contributed by atoms with Crippen LogP contribution in [0.3, 0.4) is 0 Å². The summed E-state index contributed by atoms with van der Waals surface area (Å²) in [5.41, 5.74) is 2.72. The summed E-state index contributed by atoms with van der Waals surface area (Å²) >= 11 is 0. The van der Waals surface area contributed by atoms with Gasteiger partial charge in [0.2, 0.25) is 0 Å². The minimum absolute atomic E-state index is 0.0378. The van der Waals surface area contributed by atoms with E-state index < -0.39 is 0 Å². The smallest absolute Gasteiger partial charge is 0.251 e. The highest BCUT2D eigenvalue weighted by atomic mass is 16.1. The molecular formula is C21H27N7O. The summed E-state index contributed by atoms with van der Waals surface area (Å²) < 4.78 is 3.84. The van der Waals surface area contributed by atoms with Crippen LogP contribution < -0.4 is 5.32 Å². The van der Waals surface area contributed by atoms with E-state index in [0.29, 0.717) is 18.0 Å².